The fourth-order valence-corrected chi connectivity index (χ4v) is 1.32. The van der Waals surface area contributed by atoms with Gasteiger partial charge in [-0.25, -0.2) is 0 Å². The Morgan fingerprint density at radius 1 is 1.07 bits per heavy atom. The third kappa shape index (κ3) is 2.13. The number of aromatic nitrogens is 2. The molecule has 0 aliphatic rings. The van der Waals surface area contributed by atoms with E-state index in [1.165, 1.54) is 0 Å². The van der Waals surface area contributed by atoms with Gasteiger partial charge < -0.3 is 5.11 Å². The van der Waals surface area contributed by atoms with Gasteiger partial charge in [-0.2, -0.15) is 0 Å². The van der Waals surface area contributed by atoms with Crippen molar-refractivity contribution in [1.82, 2.24) is 9.97 Å². The highest BCUT2D eigenvalue weighted by molar-refractivity contribution is 5.58. The minimum atomic E-state index is 0.261. The molecule has 2 aromatic rings. The van der Waals surface area contributed by atoms with Crippen LogP contribution < -0.4 is 0 Å². The average molecular weight is 200 g/mol. The zero-order valence-electron chi connectivity index (χ0n) is 8.51. The summed E-state index contributed by atoms with van der Waals surface area (Å²) in [6.45, 7) is 2.05. The summed E-state index contributed by atoms with van der Waals surface area (Å²) in [5.74, 6) is 0.261. The van der Waals surface area contributed by atoms with E-state index in [0.717, 1.165) is 23.4 Å². The number of hydrogen-bond acceptors (Lipinski definition) is 3. The van der Waals surface area contributed by atoms with Crippen LogP contribution in [0.2, 0.25) is 0 Å². The molecule has 0 bridgehead atoms. The van der Waals surface area contributed by atoms with E-state index in [9.17, 15) is 0 Å². The highest BCUT2D eigenvalue weighted by Gasteiger charge is 1.99. The normalized spacial score (nSPS) is 10.2. The summed E-state index contributed by atoms with van der Waals surface area (Å²) in [6.07, 6.45) is 4.43. The van der Waals surface area contributed by atoms with Crippen molar-refractivity contribution in [3.05, 3.63) is 42.4 Å². The third-order valence-electron chi connectivity index (χ3n) is 2.23. The van der Waals surface area contributed by atoms with Gasteiger partial charge in [0.15, 0.2) is 0 Å². The van der Waals surface area contributed by atoms with Crippen molar-refractivity contribution >= 4 is 0 Å². The van der Waals surface area contributed by atoms with Gasteiger partial charge in [0, 0.05) is 11.8 Å². The van der Waals surface area contributed by atoms with Gasteiger partial charge >= 0.3 is 0 Å². The van der Waals surface area contributed by atoms with Crippen molar-refractivity contribution in [3.63, 3.8) is 0 Å². The second kappa shape index (κ2) is 4.09. The molecule has 2 rings (SSSR count). The van der Waals surface area contributed by atoms with Gasteiger partial charge in [0.05, 0.1) is 17.6 Å². The number of benzene rings is 1. The summed E-state index contributed by atoms with van der Waals surface area (Å²) in [5, 5.41) is 9.15. The second-order valence-electron chi connectivity index (χ2n) is 3.29. The lowest BCUT2D eigenvalue weighted by atomic mass is 10.1. The van der Waals surface area contributed by atoms with Crippen LogP contribution in [-0.2, 0) is 6.42 Å². The Labute approximate surface area is 88.5 Å². The predicted molar refractivity (Wildman–Crippen MR) is 58.5 cm³/mol. The monoisotopic (exact) mass is 200 g/mol. The molecule has 0 aliphatic carbocycles. The van der Waals surface area contributed by atoms with Gasteiger partial charge in [-0.15, -0.1) is 0 Å². The smallest absolute Gasteiger partial charge is 0.115 e. The van der Waals surface area contributed by atoms with Crippen LogP contribution >= 0.6 is 0 Å². The molecular formula is C12H12N2O. The van der Waals surface area contributed by atoms with Crippen LogP contribution in [0, 0.1) is 0 Å². The Hall–Kier alpha value is -1.90. The highest BCUT2D eigenvalue weighted by Crippen LogP contribution is 2.18. The molecule has 1 N–H and O–H groups in total. The zero-order chi connectivity index (χ0) is 10.7. The molecule has 0 atom stereocenters. The quantitative estimate of drug-likeness (QED) is 0.809. The summed E-state index contributed by atoms with van der Waals surface area (Å²) in [7, 11) is 0. The SMILES string of the molecule is CCc1cnc(-c2ccc(O)cc2)cn1. The van der Waals surface area contributed by atoms with Gasteiger partial charge in [-0.05, 0) is 30.7 Å². The standard InChI is InChI=1S/C12H12N2O/c1-2-10-7-14-12(8-13-10)9-3-5-11(15)6-4-9/h3-8,15H,2H2,1H3. The minimum absolute atomic E-state index is 0.261. The van der Waals surface area contributed by atoms with Crippen LogP contribution in [0.15, 0.2) is 36.7 Å². The molecule has 0 aliphatic heterocycles. The number of aromatic hydroxyl groups is 1. The molecule has 15 heavy (non-hydrogen) atoms. The summed E-state index contributed by atoms with van der Waals surface area (Å²) >= 11 is 0. The topological polar surface area (TPSA) is 46.0 Å². The van der Waals surface area contributed by atoms with Crippen LogP contribution in [0.1, 0.15) is 12.6 Å². The number of phenols is 1. The Kier molecular flexibility index (Phi) is 2.63. The second-order valence-corrected chi connectivity index (χ2v) is 3.29. The van der Waals surface area contributed by atoms with Gasteiger partial charge in [0.2, 0.25) is 0 Å². The van der Waals surface area contributed by atoms with E-state index >= 15 is 0 Å². The molecular weight excluding hydrogens is 188 g/mol. The summed E-state index contributed by atoms with van der Waals surface area (Å²) in [6, 6.07) is 6.94. The lowest BCUT2D eigenvalue weighted by molar-refractivity contribution is 0.475. The molecule has 0 spiro atoms. The largest absolute Gasteiger partial charge is 0.508 e. The van der Waals surface area contributed by atoms with Gasteiger partial charge in [0.25, 0.3) is 0 Å². The van der Waals surface area contributed by atoms with Gasteiger partial charge in [-0.3, -0.25) is 9.97 Å². The molecule has 3 heteroatoms. The molecule has 1 heterocycles. The van der Waals surface area contributed by atoms with Gasteiger partial charge in [-0.1, -0.05) is 6.92 Å². The minimum Gasteiger partial charge on any atom is -0.508 e. The fraction of sp³-hybridized carbons (Fsp3) is 0.167. The molecule has 0 saturated heterocycles. The molecule has 0 unspecified atom stereocenters. The van der Waals surface area contributed by atoms with Crippen LogP contribution in [0.5, 0.6) is 5.75 Å². The first-order valence-corrected chi connectivity index (χ1v) is 4.90. The van der Waals surface area contributed by atoms with Crippen LogP contribution in [0.4, 0.5) is 0 Å². The Morgan fingerprint density at radius 2 is 1.80 bits per heavy atom. The molecule has 0 fully saturated rings. The average Bonchev–Trinajstić information content (AvgIpc) is 2.30. The van der Waals surface area contributed by atoms with Crippen LogP contribution in [0.3, 0.4) is 0 Å². The van der Waals surface area contributed by atoms with Crippen LogP contribution in [0.25, 0.3) is 11.3 Å². The summed E-state index contributed by atoms with van der Waals surface area (Å²) in [4.78, 5) is 8.58. The maximum Gasteiger partial charge on any atom is 0.115 e. The van der Waals surface area contributed by atoms with Crippen molar-refractivity contribution < 1.29 is 5.11 Å². The van der Waals surface area contributed by atoms with E-state index in [1.54, 1.807) is 24.5 Å². The molecule has 76 valence electrons. The maximum atomic E-state index is 9.15. The first-order valence-electron chi connectivity index (χ1n) is 4.90. The van der Waals surface area contributed by atoms with E-state index in [2.05, 4.69) is 9.97 Å². The Bertz CT molecular complexity index is 434. The van der Waals surface area contributed by atoms with E-state index < -0.39 is 0 Å². The number of aryl methyl sites for hydroxylation is 1. The molecule has 1 aromatic heterocycles. The van der Waals surface area contributed by atoms with E-state index in [1.807, 2.05) is 19.1 Å². The molecule has 0 saturated carbocycles. The maximum absolute atomic E-state index is 9.15. The van der Waals surface area contributed by atoms with E-state index in [-0.39, 0.29) is 5.75 Å². The van der Waals surface area contributed by atoms with Crippen molar-refractivity contribution in [2.75, 3.05) is 0 Å². The number of phenolic OH excluding ortho intramolecular Hbond substituents is 1. The van der Waals surface area contributed by atoms with E-state index in [0.29, 0.717) is 0 Å². The van der Waals surface area contributed by atoms with E-state index in [4.69, 9.17) is 5.11 Å². The fourth-order valence-electron chi connectivity index (χ4n) is 1.32. The van der Waals surface area contributed by atoms with Gasteiger partial charge in [0.1, 0.15) is 5.75 Å². The molecule has 1 aromatic carbocycles. The molecule has 0 amide bonds. The summed E-state index contributed by atoms with van der Waals surface area (Å²) < 4.78 is 0. The van der Waals surface area contributed by atoms with Crippen molar-refractivity contribution in [2.45, 2.75) is 13.3 Å². The Balaban J connectivity index is 2.33. The number of rotatable bonds is 2. The Morgan fingerprint density at radius 3 is 2.33 bits per heavy atom. The predicted octanol–water partition coefficient (Wildman–Crippen LogP) is 2.41. The first-order chi connectivity index (χ1) is 7.29. The lowest BCUT2D eigenvalue weighted by Crippen LogP contribution is -1.90. The zero-order valence-corrected chi connectivity index (χ0v) is 8.51. The van der Waals surface area contributed by atoms with Crippen molar-refractivity contribution in [1.29, 1.82) is 0 Å². The van der Waals surface area contributed by atoms with Crippen molar-refractivity contribution in [3.8, 4) is 17.0 Å². The first kappa shape index (κ1) is 9.65. The highest BCUT2D eigenvalue weighted by atomic mass is 16.3. The lowest BCUT2D eigenvalue weighted by Gasteiger charge is -2.01. The summed E-state index contributed by atoms with van der Waals surface area (Å²) in [5.41, 5.74) is 2.77. The van der Waals surface area contributed by atoms with Crippen LogP contribution in [-0.4, -0.2) is 15.1 Å². The third-order valence-corrected chi connectivity index (χ3v) is 2.23. The number of hydrogen-bond donors (Lipinski definition) is 1. The number of nitrogens with zero attached hydrogens (tertiary/aromatic N) is 2. The van der Waals surface area contributed by atoms with Crippen molar-refractivity contribution in [2.24, 2.45) is 0 Å². The molecule has 0 radical (unpaired) electrons. The molecule has 3 nitrogen and oxygen atoms in total.